The predicted octanol–water partition coefficient (Wildman–Crippen LogP) is 0.521. The van der Waals surface area contributed by atoms with Crippen molar-refractivity contribution in [3.8, 4) is 0 Å². The Kier molecular flexibility index (Phi) is 4.77. The molecule has 0 saturated carbocycles. The number of primary sulfonamides is 1. The molecule has 6 nitrogen and oxygen atoms in total. The first kappa shape index (κ1) is 15.4. The predicted molar refractivity (Wildman–Crippen MR) is 77.8 cm³/mol. The van der Waals surface area contributed by atoms with E-state index in [1.807, 2.05) is 6.92 Å². The molecule has 1 saturated heterocycles. The van der Waals surface area contributed by atoms with Crippen molar-refractivity contribution in [2.75, 3.05) is 18.8 Å². The smallest absolute Gasteiger partial charge is 0.222 e. The summed E-state index contributed by atoms with van der Waals surface area (Å²) in [6, 6.07) is 0. The van der Waals surface area contributed by atoms with Crippen molar-refractivity contribution in [3.05, 3.63) is 16.1 Å². The Morgan fingerprint density at radius 2 is 2.35 bits per heavy atom. The Morgan fingerprint density at radius 3 is 2.95 bits per heavy atom. The van der Waals surface area contributed by atoms with Crippen LogP contribution in [0.4, 0.5) is 0 Å². The van der Waals surface area contributed by atoms with E-state index in [0.717, 1.165) is 10.6 Å². The topological polar surface area (TPSA) is 93.4 Å². The second-order valence-electron chi connectivity index (χ2n) is 5.18. The number of sulfonamides is 1. The van der Waals surface area contributed by atoms with Gasteiger partial charge in [0.1, 0.15) is 0 Å². The van der Waals surface area contributed by atoms with E-state index in [1.165, 1.54) is 0 Å². The van der Waals surface area contributed by atoms with Crippen molar-refractivity contribution in [3.63, 3.8) is 0 Å². The van der Waals surface area contributed by atoms with E-state index in [9.17, 15) is 13.2 Å². The maximum Gasteiger partial charge on any atom is 0.222 e. The number of likely N-dealkylation sites (tertiary alicyclic amines) is 1. The van der Waals surface area contributed by atoms with Gasteiger partial charge >= 0.3 is 0 Å². The maximum atomic E-state index is 12.1. The molecule has 1 aromatic heterocycles. The average molecular weight is 317 g/mol. The monoisotopic (exact) mass is 317 g/mol. The van der Waals surface area contributed by atoms with E-state index in [4.69, 9.17) is 5.14 Å². The fourth-order valence-electron chi connectivity index (χ4n) is 2.47. The van der Waals surface area contributed by atoms with E-state index >= 15 is 0 Å². The minimum Gasteiger partial charge on any atom is -0.342 e. The van der Waals surface area contributed by atoms with Gasteiger partial charge < -0.3 is 4.90 Å². The lowest BCUT2D eigenvalue weighted by atomic mass is 10.2. The number of thiazole rings is 1. The summed E-state index contributed by atoms with van der Waals surface area (Å²) in [7, 11) is -3.45. The molecule has 0 bridgehead atoms. The minimum absolute atomic E-state index is 0.0286. The Morgan fingerprint density at radius 1 is 1.60 bits per heavy atom. The Labute approximate surface area is 123 Å². The Bertz CT molecular complexity index is 583. The van der Waals surface area contributed by atoms with Crippen LogP contribution in [0.1, 0.15) is 23.4 Å². The highest BCUT2D eigenvalue weighted by Crippen LogP contribution is 2.20. The van der Waals surface area contributed by atoms with Gasteiger partial charge in [0.05, 0.1) is 17.0 Å². The van der Waals surface area contributed by atoms with Crippen LogP contribution < -0.4 is 5.14 Å². The quantitative estimate of drug-likeness (QED) is 0.857. The molecule has 2 heterocycles. The third kappa shape index (κ3) is 4.26. The van der Waals surface area contributed by atoms with E-state index < -0.39 is 10.0 Å². The highest BCUT2D eigenvalue weighted by atomic mass is 32.2. The van der Waals surface area contributed by atoms with Crippen molar-refractivity contribution >= 4 is 27.3 Å². The molecule has 1 aromatic rings. The van der Waals surface area contributed by atoms with Gasteiger partial charge in [-0.05, 0) is 25.7 Å². The zero-order chi connectivity index (χ0) is 14.8. The summed E-state index contributed by atoms with van der Waals surface area (Å²) >= 11 is 1.56. The van der Waals surface area contributed by atoms with Crippen LogP contribution in [0.15, 0.2) is 5.51 Å². The number of amides is 1. The molecule has 1 atom stereocenters. The van der Waals surface area contributed by atoms with Gasteiger partial charge in [0, 0.05) is 24.4 Å². The van der Waals surface area contributed by atoms with Gasteiger partial charge in [-0.3, -0.25) is 4.79 Å². The Hall–Kier alpha value is -0.990. The number of aryl methyl sites for hydroxylation is 2. The number of nitrogens with two attached hydrogens (primary N) is 1. The van der Waals surface area contributed by atoms with E-state index in [0.29, 0.717) is 32.4 Å². The summed E-state index contributed by atoms with van der Waals surface area (Å²) in [5.74, 6) is 0.0129. The van der Waals surface area contributed by atoms with Crippen LogP contribution in [0.5, 0.6) is 0 Å². The van der Waals surface area contributed by atoms with Gasteiger partial charge in [0.2, 0.25) is 15.9 Å². The number of hydrogen-bond donors (Lipinski definition) is 1. The summed E-state index contributed by atoms with van der Waals surface area (Å²) in [5.41, 5.74) is 2.77. The Balaban J connectivity index is 1.81. The summed E-state index contributed by atoms with van der Waals surface area (Å²) in [5, 5.41) is 5.04. The number of aromatic nitrogens is 1. The fraction of sp³-hybridized carbons (Fsp3) is 0.667. The summed E-state index contributed by atoms with van der Waals surface area (Å²) < 4.78 is 22.1. The lowest BCUT2D eigenvalue weighted by molar-refractivity contribution is -0.130. The van der Waals surface area contributed by atoms with Crippen molar-refractivity contribution in [1.29, 1.82) is 0 Å². The van der Waals surface area contributed by atoms with Gasteiger partial charge in [-0.15, -0.1) is 11.3 Å². The zero-order valence-corrected chi connectivity index (χ0v) is 13.0. The van der Waals surface area contributed by atoms with E-state index in [-0.39, 0.29) is 17.6 Å². The minimum atomic E-state index is -3.45. The van der Waals surface area contributed by atoms with Crippen molar-refractivity contribution in [2.45, 2.75) is 26.2 Å². The second-order valence-corrected chi connectivity index (χ2v) is 7.78. The van der Waals surface area contributed by atoms with Gasteiger partial charge in [0.15, 0.2) is 0 Å². The first-order chi connectivity index (χ1) is 9.35. The molecule has 0 spiro atoms. The van der Waals surface area contributed by atoms with Crippen LogP contribution >= 0.6 is 11.3 Å². The SMILES string of the molecule is Cc1ncsc1CCC(=O)N1CCC(CS(N)(=O)=O)C1. The van der Waals surface area contributed by atoms with Crippen LogP contribution in [0.25, 0.3) is 0 Å². The summed E-state index contributed by atoms with van der Waals surface area (Å²) in [6.07, 6.45) is 1.86. The van der Waals surface area contributed by atoms with Gasteiger partial charge in [-0.1, -0.05) is 0 Å². The molecule has 0 aromatic carbocycles. The molecule has 8 heteroatoms. The number of nitrogens with zero attached hydrogens (tertiary/aromatic N) is 2. The molecule has 1 amide bonds. The second kappa shape index (κ2) is 6.19. The molecule has 1 aliphatic heterocycles. The fourth-order valence-corrected chi connectivity index (χ4v) is 4.18. The summed E-state index contributed by atoms with van der Waals surface area (Å²) in [4.78, 5) is 19.1. The number of carbonyl (C=O) groups excluding carboxylic acids is 1. The maximum absolute atomic E-state index is 12.1. The molecule has 0 radical (unpaired) electrons. The molecule has 112 valence electrons. The lowest BCUT2D eigenvalue weighted by Crippen LogP contribution is -2.30. The molecular weight excluding hydrogens is 298 g/mol. The molecular formula is C12H19N3O3S2. The van der Waals surface area contributed by atoms with Crippen LogP contribution in [0.3, 0.4) is 0 Å². The third-order valence-corrected chi connectivity index (χ3v) is 5.45. The standard InChI is InChI=1S/C12H19N3O3S2/c1-9-11(19-8-14-9)2-3-12(16)15-5-4-10(6-15)7-20(13,17)18/h8,10H,2-7H2,1H3,(H2,13,17,18). The number of rotatable bonds is 5. The third-order valence-electron chi connectivity index (χ3n) is 3.52. The van der Waals surface area contributed by atoms with Crippen molar-refractivity contribution in [1.82, 2.24) is 9.88 Å². The summed E-state index contributed by atoms with van der Waals surface area (Å²) in [6.45, 7) is 3.06. The van der Waals surface area contributed by atoms with Crippen LogP contribution in [0, 0.1) is 12.8 Å². The van der Waals surface area contributed by atoms with Gasteiger partial charge in [-0.2, -0.15) is 0 Å². The molecule has 1 fully saturated rings. The van der Waals surface area contributed by atoms with Gasteiger partial charge in [0.25, 0.3) is 0 Å². The average Bonchev–Trinajstić information content (AvgIpc) is 2.93. The van der Waals surface area contributed by atoms with Crippen molar-refractivity contribution < 1.29 is 13.2 Å². The first-order valence-electron chi connectivity index (χ1n) is 6.52. The van der Waals surface area contributed by atoms with E-state index in [1.54, 1.807) is 21.7 Å². The highest BCUT2D eigenvalue weighted by molar-refractivity contribution is 7.89. The number of carbonyl (C=O) groups is 1. The van der Waals surface area contributed by atoms with Crippen LogP contribution in [0.2, 0.25) is 0 Å². The molecule has 2 N–H and O–H groups in total. The molecule has 1 unspecified atom stereocenters. The van der Waals surface area contributed by atoms with Crippen molar-refractivity contribution in [2.24, 2.45) is 11.1 Å². The van der Waals surface area contributed by atoms with Crippen LogP contribution in [-0.4, -0.2) is 43.1 Å². The van der Waals surface area contributed by atoms with Crippen LogP contribution in [-0.2, 0) is 21.2 Å². The van der Waals surface area contributed by atoms with Gasteiger partial charge in [-0.25, -0.2) is 18.5 Å². The zero-order valence-electron chi connectivity index (χ0n) is 11.4. The highest BCUT2D eigenvalue weighted by Gasteiger charge is 2.28. The first-order valence-corrected chi connectivity index (χ1v) is 9.12. The lowest BCUT2D eigenvalue weighted by Gasteiger charge is -2.16. The molecule has 0 aliphatic carbocycles. The van der Waals surface area contributed by atoms with E-state index in [2.05, 4.69) is 4.98 Å². The normalized spacial score (nSPS) is 19.5. The number of hydrogen-bond acceptors (Lipinski definition) is 5. The molecule has 20 heavy (non-hydrogen) atoms. The molecule has 2 rings (SSSR count). The molecule has 1 aliphatic rings. The largest absolute Gasteiger partial charge is 0.342 e.